The Kier molecular flexibility index (Phi) is 5.36. The van der Waals surface area contributed by atoms with Gasteiger partial charge < -0.3 is 9.64 Å². The number of carbonyl (C=O) groups is 1. The summed E-state index contributed by atoms with van der Waals surface area (Å²) in [4.78, 5) is 15.7. The van der Waals surface area contributed by atoms with Crippen LogP contribution in [-0.2, 0) is 0 Å². The van der Waals surface area contributed by atoms with Crippen LogP contribution >= 0.6 is 11.6 Å². The van der Waals surface area contributed by atoms with Crippen molar-refractivity contribution in [1.29, 1.82) is 0 Å². The summed E-state index contributed by atoms with van der Waals surface area (Å²) in [6, 6.07) is 25.6. The van der Waals surface area contributed by atoms with Gasteiger partial charge in [0.2, 0.25) is 0 Å². The van der Waals surface area contributed by atoms with Crippen LogP contribution in [0, 0.1) is 5.92 Å². The first-order valence-electron chi connectivity index (χ1n) is 9.39. The molecule has 142 valence electrons. The number of methoxy groups -OCH3 is 1. The second-order valence-corrected chi connectivity index (χ2v) is 7.54. The Balaban J connectivity index is 1.68. The molecule has 2 atom stereocenters. The summed E-state index contributed by atoms with van der Waals surface area (Å²) >= 11 is 6.08. The van der Waals surface area contributed by atoms with Crippen molar-refractivity contribution in [3.63, 3.8) is 0 Å². The van der Waals surface area contributed by atoms with Crippen molar-refractivity contribution >= 4 is 23.1 Å². The van der Waals surface area contributed by atoms with Crippen molar-refractivity contribution in [2.75, 3.05) is 25.1 Å². The van der Waals surface area contributed by atoms with Crippen molar-refractivity contribution in [3.05, 3.63) is 95.0 Å². The van der Waals surface area contributed by atoms with Crippen LogP contribution in [0.25, 0.3) is 0 Å². The number of Topliss-reactive ketones (excluding diaryl/α,β-unsaturated/α-hetero) is 1. The lowest BCUT2D eigenvalue weighted by molar-refractivity contribution is 0.0921. The van der Waals surface area contributed by atoms with Gasteiger partial charge in [0.25, 0.3) is 0 Å². The summed E-state index contributed by atoms with van der Waals surface area (Å²) in [5.74, 6) is 0.828. The monoisotopic (exact) mass is 391 g/mol. The molecular formula is C24H22ClNO2. The van der Waals surface area contributed by atoms with E-state index in [0.29, 0.717) is 22.9 Å². The highest BCUT2D eigenvalue weighted by molar-refractivity contribution is 6.30. The van der Waals surface area contributed by atoms with Gasteiger partial charge in [-0.1, -0.05) is 54.1 Å². The third kappa shape index (κ3) is 3.76. The molecule has 0 bridgehead atoms. The first-order chi connectivity index (χ1) is 13.7. The second-order valence-electron chi connectivity index (χ2n) is 7.10. The zero-order valence-corrected chi connectivity index (χ0v) is 16.5. The fraction of sp³-hybridized carbons (Fsp3) is 0.208. The molecule has 0 amide bonds. The van der Waals surface area contributed by atoms with Gasteiger partial charge in [0, 0.05) is 41.2 Å². The maximum atomic E-state index is 13.4. The number of halogens is 1. The van der Waals surface area contributed by atoms with E-state index in [2.05, 4.69) is 17.0 Å². The summed E-state index contributed by atoms with van der Waals surface area (Å²) < 4.78 is 5.31. The molecule has 28 heavy (non-hydrogen) atoms. The summed E-state index contributed by atoms with van der Waals surface area (Å²) in [5, 5.41) is 0.706. The highest BCUT2D eigenvalue weighted by atomic mass is 35.5. The lowest BCUT2D eigenvalue weighted by Crippen LogP contribution is -2.23. The van der Waals surface area contributed by atoms with E-state index in [0.717, 1.165) is 17.8 Å². The molecule has 1 aliphatic heterocycles. The normalized spacial score (nSPS) is 18.9. The number of anilines is 1. The number of ether oxygens (including phenoxy) is 1. The molecule has 0 unspecified atom stereocenters. The molecule has 0 saturated carbocycles. The Morgan fingerprint density at radius 1 is 0.964 bits per heavy atom. The standard InChI is InChI=1S/C24H22ClNO2/c1-28-21-9-5-6-18(14-21)24(27)23-16-26(20-7-3-2-4-8-20)15-22(23)17-10-12-19(25)13-11-17/h2-14,22-23H,15-16H2,1H3/t22-,23-/m0/s1. The largest absolute Gasteiger partial charge is 0.497 e. The molecule has 1 saturated heterocycles. The van der Waals surface area contributed by atoms with Crippen molar-refractivity contribution in [1.82, 2.24) is 0 Å². The van der Waals surface area contributed by atoms with E-state index in [4.69, 9.17) is 16.3 Å². The van der Waals surface area contributed by atoms with Gasteiger partial charge in [-0.3, -0.25) is 4.79 Å². The van der Waals surface area contributed by atoms with Crippen molar-refractivity contribution < 1.29 is 9.53 Å². The lowest BCUT2D eigenvalue weighted by Gasteiger charge is -2.18. The molecule has 3 nitrogen and oxygen atoms in total. The van der Waals surface area contributed by atoms with Gasteiger partial charge in [-0.05, 0) is 42.0 Å². The van der Waals surface area contributed by atoms with E-state index in [9.17, 15) is 4.79 Å². The van der Waals surface area contributed by atoms with Gasteiger partial charge in [0.05, 0.1) is 7.11 Å². The highest BCUT2D eigenvalue weighted by Gasteiger charge is 2.39. The minimum Gasteiger partial charge on any atom is -0.497 e. The van der Waals surface area contributed by atoms with E-state index in [1.807, 2.05) is 66.7 Å². The average Bonchev–Trinajstić information content (AvgIpc) is 3.20. The second kappa shape index (κ2) is 8.07. The quantitative estimate of drug-likeness (QED) is 0.541. The Hall–Kier alpha value is -2.78. The van der Waals surface area contributed by atoms with E-state index in [-0.39, 0.29) is 17.6 Å². The Labute approximate surface area is 170 Å². The summed E-state index contributed by atoms with van der Waals surface area (Å²) in [5.41, 5.74) is 2.98. The minimum absolute atomic E-state index is 0.108. The van der Waals surface area contributed by atoms with Crippen LogP contribution in [0.5, 0.6) is 5.75 Å². The number of para-hydroxylation sites is 1. The van der Waals surface area contributed by atoms with Crippen molar-refractivity contribution in [2.45, 2.75) is 5.92 Å². The van der Waals surface area contributed by atoms with Crippen LogP contribution in [0.2, 0.25) is 5.02 Å². The van der Waals surface area contributed by atoms with Crippen LogP contribution in [0.3, 0.4) is 0 Å². The molecule has 0 aliphatic carbocycles. The van der Waals surface area contributed by atoms with Gasteiger partial charge in [0.15, 0.2) is 5.78 Å². The fourth-order valence-electron chi connectivity index (χ4n) is 3.96. The number of nitrogens with zero attached hydrogens (tertiary/aromatic N) is 1. The van der Waals surface area contributed by atoms with Gasteiger partial charge in [-0.15, -0.1) is 0 Å². The first-order valence-corrected chi connectivity index (χ1v) is 9.77. The van der Waals surface area contributed by atoms with Crippen LogP contribution in [-0.4, -0.2) is 26.0 Å². The van der Waals surface area contributed by atoms with Gasteiger partial charge >= 0.3 is 0 Å². The maximum Gasteiger partial charge on any atom is 0.168 e. The molecule has 0 radical (unpaired) electrons. The summed E-state index contributed by atoms with van der Waals surface area (Å²) in [6.07, 6.45) is 0. The molecule has 0 spiro atoms. The molecule has 4 rings (SSSR count). The average molecular weight is 392 g/mol. The summed E-state index contributed by atoms with van der Waals surface area (Å²) in [6.45, 7) is 1.49. The number of ketones is 1. The van der Waals surface area contributed by atoms with Crippen LogP contribution in [0.4, 0.5) is 5.69 Å². The van der Waals surface area contributed by atoms with E-state index >= 15 is 0 Å². The maximum absolute atomic E-state index is 13.4. The Morgan fingerprint density at radius 2 is 1.71 bits per heavy atom. The van der Waals surface area contributed by atoms with E-state index < -0.39 is 0 Å². The van der Waals surface area contributed by atoms with Crippen molar-refractivity contribution in [3.8, 4) is 5.75 Å². The number of hydrogen-bond donors (Lipinski definition) is 0. The fourth-order valence-corrected chi connectivity index (χ4v) is 4.08. The third-order valence-corrected chi connectivity index (χ3v) is 5.68. The highest BCUT2D eigenvalue weighted by Crippen LogP contribution is 2.37. The molecule has 3 aromatic carbocycles. The predicted molar refractivity (Wildman–Crippen MR) is 114 cm³/mol. The molecule has 1 fully saturated rings. The van der Waals surface area contributed by atoms with E-state index in [1.165, 1.54) is 0 Å². The molecule has 0 N–H and O–H groups in total. The number of carbonyl (C=O) groups excluding carboxylic acids is 1. The van der Waals surface area contributed by atoms with E-state index in [1.54, 1.807) is 7.11 Å². The van der Waals surface area contributed by atoms with Crippen LogP contribution in [0.15, 0.2) is 78.9 Å². The zero-order chi connectivity index (χ0) is 19.5. The van der Waals surface area contributed by atoms with Gasteiger partial charge in [-0.25, -0.2) is 0 Å². The van der Waals surface area contributed by atoms with Crippen LogP contribution in [0.1, 0.15) is 21.8 Å². The van der Waals surface area contributed by atoms with Gasteiger partial charge in [0.1, 0.15) is 5.75 Å². The van der Waals surface area contributed by atoms with Gasteiger partial charge in [-0.2, -0.15) is 0 Å². The number of rotatable bonds is 5. The Bertz CT molecular complexity index is 956. The number of hydrogen-bond acceptors (Lipinski definition) is 3. The molecule has 3 aromatic rings. The zero-order valence-electron chi connectivity index (χ0n) is 15.7. The molecule has 1 aliphatic rings. The lowest BCUT2D eigenvalue weighted by atomic mass is 9.84. The molecule has 4 heteroatoms. The summed E-state index contributed by atoms with van der Waals surface area (Å²) in [7, 11) is 1.62. The van der Waals surface area contributed by atoms with Crippen LogP contribution < -0.4 is 9.64 Å². The third-order valence-electron chi connectivity index (χ3n) is 5.43. The molecule has 0 aromatic heterocycles. The molecule has 1 heterocycles. The predicted octanol–water partition coefficient (Wildman–Crippen LogP) is 5.45. The first kappa shape index (κ1) is 18.6. The smallest absolute Gasteiger partial charge is 0.168 e. The molecular weight excluding hydrogens is 370 g/mol. The topological polar surface area (TPSA) is 29.5 Å². The van der Waals surface area contributed by atoms with Crippen molar-refractivity contribution in [2.24, 2.45) is 5.92 Å². The SMILES string of the molecule is COc1cccc(C(=O)[C@H]2CN(c3ccccc3)C[C@H]2c2ccc(Cl)cc2)c1. The number of benzene rings is 3. The Morgan fingerprint density at radius 3 is 2.43 bits per heavy atom. The minimum atomic E-state index is -0.131.